The van der Waals surface area contributed by atoms with Gasteiger partial charge >= 0.3 is 4.87 Å². The zero-order valence-electron chi connectivity index (χ0n) is 7.45. The van der Waals surface area contributed by atoms with E-state index >= 15 is 0 Å². The summed E-state index contributed by atoms with van der Waals surface area (Å²) < 4.78 is 5.14. The number of thiazole rings is 1. The van der Waals surface area contributed by atoms with Crippen molar-refractivity contribution in [2.45, 2.75) is 13.1 Å². The van der Waals surface area contributed by atoms with E-state index in [1.165, 1.54) is 11.3 Å². The standard InChI is InChI=1S/C9H10N2O2S/c12-9-11-7(6-14-9)4-10-5-8-2-1-3-13-8/h1-3,6,10H,4-5H2,(H,11,12). The smallest absolute Gasteiger partial charge is 0.304 e. The molecule has 2 aromatic rings. The van der Waals surface area contributed by atoms with Gasteiger partial charge in [0.05, 0.1) is 12.8 Å². The Bertz CT molecular complexity index is 430. The van der Waals surface area contributed by atoms with Gasteiger partial charge in [0.25, 0.3) is 0 Å². The van der Waals surface area contributed by atoms with E-state index in [2.05, 4.69) is 10.3 Å². The number of hydrogen-bond acceptors (Lipinski definition) is 4. The van der Waals surface area contributed by atoms with Gasteiger partial charge in [0, 0.05) is 17.6 Å². The molecular weight excluding hydrogens is 200 g/mol. The van der Waals surface area contributed by atoms with E-state index < -0.39 is 0 Å². The Morgan fingerprint density at radius 1 is 1.50 bits per heavy atom. The highest BCUT2D eigenvalue weighted by atomic mass is 32.1. The van der Waals surface area contributed by atoms with Crippen LogP contribution in [0.2, 0.25) is 0 Å². The minimum atomic E-state index is -0.0141. The molecule has 4 nitrogen and oxygen atoms in total. The first-order chi connectivity index (χ1) is 6.84. The van der Waals surface area contributed by atoms with Crippen molar-refractivity contribution in [3.8, 4) is 0 Å². The fourth-order valence-corrected chi connectivity index (χ4v) is 1.72. The molecule has 14 heavy (non-hydrogen) atoms. The maximum Gasteiger partial charge on any atom is 0.304 e. The van der Waals surface area contributed by atoms with Crippen molar-refractivity contribution in [3.05, 3.63) is 44.9 Å². The van der Waals surface area contributed by atoms with Gasteiger partial charge in [-0.1, -0.05) is 11.3 Å². The third-order valence-corrected chi connectivity index (χ3v) is 2.48. The average molecular weight is 210 g/mol. The molecule has 0 spiro atoms. The van der Waals surface area contributed by atoms with Crippen LogP contribution < -0.4 is 10.2 Å². The number of aromatic amines is 1. The van der Waals surface area contributed by atoms with E-state index in [0.29, 0.717) is 13.1 Å². The zero-order chi connectivity index (χ0) is 9.80. The summed E-state index contributed by atoms with van der Waals surface area (Å²) in [5.74, 6) is 0.891. The topological polar surface area (TPSA) is 58.0 Å². The third-order valence-electron chi connectivity index (χ3n) is 1.77. The van der Waals surface area contributed by atoms with E-state index in [1.807, 2.05) is 17.5 Å². The summed E-state index contributed by atoms with van der Waals surface area (Å²) in [6, 6.07) is 3.76. The molecule has 0 aliphatic heterocycles. The van der Waals surface area contributed by atoms with Gasteiger partial charge in [0.2, 0.25) is 0 Å². The van der Waals surface area contributed by atoms with E-state index in [1.54, 1.807) is 6.26 Å². The SMILES string of the molecule is O=c1[nH]c(CNCc2ccco2)cs1. The number of H-pyrrole nitrogens is 1. The highest BCUT2D eigenvalue weighted by Crippen LogP contribution is 2.00. The molecule has 2 heterocycles. The number of hydrogen-bond donors (Lipinski definition) is 2. The zero-order valence-corrected chi connectivity index (χ0v) is 8.26. The van der Waals surface area contributed by atoms with Crippen molar-refractivity contribution >= 4 is 11.3 Å². The molecule has 0 aliphatic rings. The van der Waals surface area contributed by atoms with Gasteiger partial charge in [0.15, 0.2) is 0 Å². The fraction of sp³-hybridized carbons (Fsp3) is 0.222. The summed E-state index contributed by atoms with van der Waals surface area (Å²) in [6.45, 7) is 1.32. The summed E-state index contributed by atoms with van der Waals surface area (Å²) >= 11 is 1.18. The van der Waals surface area contributed by atoms with Gasteiger partial charge in [-0.2, -0.15) is 0 Å². The molecule has 5 heteroatoms. The lowest BCUT2D eigenvalue weighted by molar-refractivity contribution is 0.482. The average Bonchev–Trinajstić information content (AvgIpc) is 2.77. The molecule has 0 unspecified atom stereocenters. The van der Waals surface area contributed by atoms with Gasteiger partial charge in [-0.15, -0.1) is 0 Å². The quantitative estimate of drug-likeness (QED) is 0.800. The molecule has 0 amide bonds. The Morgan fingerprint density at radius 3 is 3.07 bits per heavy atom. The molecule has 2 N–H and O–H groups in total. The van der Waals surface area contributed by atoms with Gasteiger partial charge in [0.1, 0.15) is 5.76 Å². The van der Waals surface area contributed by atoms with Crippen LogP contribution in [-0.2, 0) is 13.1 Å². The van der Waals surface area contributed by atoms with Gasteiger partial charge in [-0.25, -0.2) is 0 Å². The van der Waals surface area contributed by atoms with Crippen molar-refractivity contribution in [2.24, 2.45) is 0 Å². The highest BCUT2D eigenvalue weighted by molar-refractivity contribution is 7.07. The predicted octanol–water partition coefficient (Wildman–Crippen LogP) is 1.32. The molecule has 0 bridgehead atoms. The molecule has 0 saturated heterocycles. The largest absolute Gasteiger partial charge is 0.468 e. The van der Waals surface area contributed by atoms with Crippen LogP contribution in [0.25, 0.3) is 0 Å². The summed E-state index contributed by atoms with van der Waals surface area (Å²) in [6.07, 6.45) is 1.64. The first-order valence-corrected chi connectivity index (χ1v) is 5.12. The van der Waals surface area contributed by atoms with Crippen molar-refractivity contribution in [1.82, 2.24) is 10.3 Å². The normalized spacial score (nSPS) is 10.6. The molecule has 2 aromatic heterocycles. The van der Waals surface area contributed by atoms with Crippen molar-refractivity contribution < 1.29 is 4.42 Å². The fourth-order valence-electron chi connectivity index (χ4n) is 1.13. The van der Waals surface area contributed by atoms with Crippen molar-refractivity contribution in [1.29, 1.82) is 0 Å². The molecule has 0 fully saturated rings. The van der Waals surface area contributed by atoms with Crippen LogP contribution in [0.5, 0.6) is 0 Å². The van der Waals surface area contributed by atoms with Crippen LogP contribution >= 0.6 is 11.3 Å². The lowest BCUT2D eigenvalue weighted by Crippen LogP contribution is -2.13. The molecule has 74 valence electrons. The molecule has 0 saturated carbocycles. The summed E-state index contributed by atoms with van der Waals surface area (Å²) in [7, 11) is 0. The Morgan fingerprint density at radius 2 is 2.43 bits per heavy atom. The minimum absolute atomic E-state index is 0.0141. The van der Waals surface area contributed by atoms with Gasteiger partial charge in [-0.3, -0.25) is 4.79 Å². The van der Waals surface area contributed by atoms with Crippen molar-refractivity contribution in [3.63, 3.8) is 0 Å². The van der Waals surface area contributed by atoms with Gasteiger partial charge in [-0.05, 0) is 12.1 Å². The first kappa shape index (κ1) is 9.23. The third kappa shape index (κ3) is 2.34. The van der Waals surface area contributed by atoms with Crippen molar-refractivity contribution in [2.75, 3.05) is 0 Å². The van der Waals surface area contributed by atoms with E-state index in [0.717, 1.165) is 11.5 Å². The maximum atomic E-state index is 10.8. The van der Waals surface area contributed by atoms with Crippen LogP contribution in [0.4, 0.5) is 0 Å². The number of rotatable bonds is 4. The first-order valence-electron chi connectivity index (χ1n) is 4.24. The molecule has 0 aliphatic carbocycles. The second-order valence-corrected chi connectivity index (χ2v) is 3.70. The number of nitrogens with one attached hydrogen (secondary N) is 2. The van der Waals surface area contributed by atoms with Crippen LogP contribution in [0.15, 0.2) is 33.0 Å². The monoisotopic (exact) mass is 210 g/mol. The number of aromatic nitrogens is 1. The van der Waals surface area contributed by atoms with Crippen LogP contribution in [0.1, 0.15) is 11.5 Å². The molecule has 0 radical (unpaired) electrons. The minimum Gasteiger partial charge on any atom is -0.468 e. The van der Waals surface area contributed by atoms with Crippen LogP contribution in [0.3, 0.4) is 0 Å². The predicted molar refractivity (Wildman–Crippen MR) is 54.2 cm³/mol. The lowest BCUT2D eigenvalue weighted by atomic mass is 10.4. The van der Waals surface area contributed by atoms with E-state index in [4.69, 9.17) is 4.42 Å². The second kappa shape index (κ2) is 4.26. The lowest BCUT2D eigenvalue weighted by Gasteiger charge is -1.98. The Labute approximate surface area is 84.6 Å². The van der Waals surface area contributed by atoms with Gasteiger partial charge < -0.3 is 14.7 Å². The molecular formula is C9H10N2O2S. The highest BCUT2D eigenvalue weighted by Gasteiger charge is 1.97. The number of furan rings is 1. The van der Waals surface area contributed by atoms with E-state index in [9.17, 15) is 4.79 Å². The van der Waals surface area contributed by atoms with E-state index in [-0.39, 0.29) is 4.87 Å². The summed E-state index contributed by atoms with van der Waals surface area (Å²) in [4.78, 5) is 13.5. The summed E-state index contributed by atoms with van der Waals surface area (Å²) in [5, 5.41) is 4.98. The molecule has 0 aromatic carbocycles. The Hall–Kier alpha value is -1.33. The van der Waals surface area contributed by atoms with Crippen LogP contribution in [0, 0.1) is 0 Å². The Balaban J connectivity index is 1.81. The maximum absolute atomic E-state index is 10.8. The van der Waals surface area contributed by atoms with Crippen LogP contribution in [-0.4, -0.2) is 4.98 Å². The Kier molecular flexibility index (Phi) is 2.81. The summed E-state index contributed by atoms with van der Waals surface area (Å²) in [5.41, 5.74) is 0.909. The second-order valence-electron chi connectivity index (χ2n) is 2.86. The molecule has 2 rings (SSSR count). The molecule has 0 atom stereocenters.